The molecule has 7 heteroatoms. The van der Waals surface area contributed by atoms with Crippen molar-refractivity contribution in [2.45, 2.75) is 6.61 Å². The van der Waals surface area contributed by atoms with Crippen molar-refractivity contribution in [1.82, 2.24) is 9.38 Å². The van der Waals surface area contributed by atoms with Crippen LogP contribution in [-0.2, 0) is 11.3 Å². The van der Waals surface area contributed by atoms with Crippen LogP contribution in [0.5, 0.6) is 11.5 Å². The maximum Gasteiger partial charge on any atom is 0.338 e. The lowest BCUT2D eigenvalue weighted by Gasteiger charge is -2.10. The Morgan fingerprint density at radius 1 is 1.27 bits per heavy atom. The minimum Gasteiger partial charge on any atom is -0.493 e. The van der Waals surface area contributed by atoms with Gasteiger partial charge in [0.05, 0.1) is 23.4 Å². The number of ether oxygens (including phenoxy) is 3. The third-order valence-electron chi connectivity index (χ3n) is 3.57. The molecule has 0 N–H and O–H groups in total. The number of esters is 1. The Labute approximate surface area is 155 Å². The van der Waals surface area contributed by atoms with Gasteiger partial charge in [-0.15, -0.1) is 0 Å². The number of methoxy groups -OCH3 is 1. The fourth-order valence-electron chi connectivity index (χ4n) is 2.37. The molecule has 6 nitrogen and oxygen atoms in total. The fraction of sp³-hybridized carbons (Fsp3) is 0.158. The molecule has 0 fully saturated rings. The molecule has 0 aliphatic rings. The van der Waals surface area contributed by atoms with E-state index in [1.165, 1.54) is 7.11 Å². The highest BCUT2D eigenvalue weighted by Gasteiger charge is 2.13. The monoisotopic (exact) mass is 372 g/mol. The number of hydrogen-bond acceptors (Lipinski definition) is 5. The van der Waals surface area contributed by atoms with Crippen molar-refractivity contribution in [3.63, 3.8) is 0 Å². The first kappa shape index (κ1) is 17.8. The highest BCUT2D eigenvalue weighted by atomic mass is 35.5. The summed E-state index contributed by atoms with van der Waals surface area (Å²) in [6.45, 7) is 3.99. The molecule has 0 radical (unpaired) electrons. The molecule has 3 aromatic rings. The molecule has 134 valence electrons. The number of imidazole rings is 1. The van der Waals surface area contributed by atoms with Gasteiger partial charge in [-0.05, 0) is 30.3 Å². The van der Waals surface area contributed by atoms with Gasteiger partial charge in [0.15, 0.2) is 11.5 Å². The lowest BCUT2D eigenvalue weighted by Crippen LogP contribution is -2.06. The zero-order valence-corrected chi connectivity index (χ0v) is 14.9. The molecular formula is C19H17ClN2O4. The van der Waals surface area contributed by atoms with Crippen LogP contribution in [0.15, 0.2) is 55.4 Å². The minimum atomic E-state index is -0.478. The molecule has 0 amide bonds. The van der Waals surface area contributed by atoms with Crippen LogP contribution in [0.3, 0.4) is 0 Å². The van der Waals surface area contributed by atoms with E-state index in [1.54, 1.807) is 53.2 Å². The van der Waals surface area contributed by atoms with Crippen LogP contribution in [0.4, 0.5) is 0 Å². The number of nitrogens with zero attached hydrogens (tertiary/aromatic N) is 2. The molecule has 2 heterocycles. The largest absolute Gasteiger partial charge is 0.493 e. The van der Waals surface area contributed by atoms with Gasteiger partial charge in [-0.3, -0.25) is 0 Å². The second kappa shape index (κ2) is 7.93. The molecule has 0 saturated carbocycles. The van der Waals surface area contributed by atoms with Gasteiger partial charge < -0.3 is 18.6 Å². The summed E-state index contributed by atoms with van der Waals surface area (Å²) >= 11 is 5.95. The van der Waals surface area contributed by atoms with Gasteiger partial charge in [0.2, 0.25) is 0 Å². The summed E-state index contributed by atoms with van der Waals surface area (Å²) in [4.78, 5) is 16.7. The quantitative estimate of drug-likeness (QED) is 0.464. The van der Waals surface area contributed by atoms with Gasteiger partial charge in [-0.2, -0.15) is 0 Å². The van der Waals surface area contributed by atoms with E-state index >= 15 is 0 Å². The number of fused-ring (bicyclic) bond motifs is 1. The number of carbonyl (C=O) groups excluding carboxylic acids is 1. The third kappa shape index (κ3) is 3.97. The standard InChI is InChI=1S/C19H17ClN2O4/c1-3-8-25-16-6-4-13(9-17(16)24-2)19(23)26-12-15-11-22-10-14(20)5-7-18(22)21-15/h3-7,9-11H,1,8,12H2,2H3. The van der Waals surface area contributed by atoms with Crippen molar-refractivity contribution in [1.29, 1.82) is 0 Å². The van der Waals surface area contributed by atoms with Gasteiger partial charge in [-0.1, -0.05) is 24.3 Å². The van der Waals surface area contributed by atoms with Crippen LogP contribution in [0, 0.1) is 0 Å². The summed E-state index contributed by atoms with van der Waals surface area (Å²) in [5.74, 6) is 0.499. The number of carbonyl (C=O) groups is 1. The third-order valence-corrected chi connectivity index (χ3v) is 3.80. The summed E-state index contributed by atoms with van der Waals surface area (Å²) in [5.41, 5.74) is 1.71. The molecule has 0 saturated heterocycles. The van der Waals surface area contributed by atoms with Crippen molar-refractivity contribution in [3.05, 3.63) is 71.7 Å². The number of pyridine rings is 1. The van der Waals surface area contributed by atoms with Crippen molar-refractivity contribution in [3.8, 4) is 11.5 Å². The Morgan fingerprint density at radius 3 is 2.88 bits per heavy atom. The Bertz CT molecular complexity index is 952. The van der Waals surface area contributed by atoms with E-state index in [1.807, 2.05) is 0 Å². The SMILES string of the molecule is C=CCOc1ccc(C(=O)OCc2cn3cc(Cl)ccc3n2)cc1OC. The van der Waals surface area contributed by atoms with E-state index in [0.29, 0.717) is 34.4 Å². The summed E-state index contributed by atoms with van der Waals surface area (Å²) in [5, 5.41) is 0.601. The van der Waals surface area contributed by atoms with E-state index in [9.17, 15) is 4.79 Å². The van der Waals surface area contributed by atoms with Gasteiger partial charge in [0, 0.05) is 12.4 Å². The first-order valence-electron chi connectivity index (χ1n) is 7.82. The average molecular weight is 373 g/mol. The Morgan fingerprint density at radius 2 is 2.12 bits per heavy atom. The van der Waals surface area contributed by atoms with Crippen LogP contribution < -0.4 is 9.47 Å². The van der Waals surface area contributed by atoms with Gasteiger partial charge in [0.25, 0.3) is 0 Å². The summed E-state index contributed by atoms with van der Waals surface area (Å²) < 4.78 is 17.8. The first-order chi connectivity index (χ1) is 12.6. The van der Waals surface area contributed by atoms with Crippen molar-refractivity contribution < 1.29 is 19.0 Å². The van der Waals surface area contributed by atoms with Crippen molar-refractivity contribution in [2.75, 3.05) is 13.7 Å². The molecule has 0 aliphatic carbocycles. The van der Waals surface area contributed by atoms with E-state index in [0.717, 1.165) is 5.65 Å². The fourth-order valence-corrected chi connectivity index (χ4v) is 2.54. The van der Waals surface area contributed by atoms with Crippen molar-refractivity contribution in [2.24, 2.45) is 0 Å². The topological polar surface area (TPSA) is 62.1 Å². The van der Waals surface area contributed by atoms with E-state index in [2.05, 4.69) is 11.6 Å². The molecule has 0 unspecified atom stereocenters. The Hall–Kier alpha value is -2.99. The van der Waals surface area contributed by atoms with E-state index in [4.69, 9.17) is 25.8 Å². The molecule has 2 aromatic heterocycles. The van der Waals surface area contributed by atoms with Crippen molar-refractivity contribution >= 4 is 23.2 Å². The van der Waals surface area contributed by atoms with Crippen LogP contribution in [-0.4, -0.2) is 29.1 Å². The predicted octanol–water partition coefficient (Wildman–Crippen LogP) is 3.92. The molecule has 0 aliphatic heterocycles. The van der Waals surface area contributed by atoms with E-state index in [-0.39, 0.29) is 6.61 Å². The number of halogens is 1. The number of rotatable bonds is 7. The van der Waals surface area contributed by atoms with E-state index < -0.39 is 5.97 Å². The second-order valence-electron chi connectivity index (χ2n) is 5.39. The predicted molar refractivity (Wildman–Crippen MR) is 98.0 cm³/mol. The molecule has 26 heavy (non-hydrogen) atoms. The summed E-state index contributed by atoms with van der Waals surface area (Å²) in [7, 11) is 1.51. The number of benzene rings is 1. The first-order valence-corrected chi connectivity index (χ1v) is 8.20. The summed E-state index contributed by atoms with van der Waals surface area (Å²) in [6, 6.07) is 8.39. The number of aromatic nitrogens is 2. The smallest absolute Gasteiger partial charge is 0.338 e. The normalized spacial score (nSPS) is 10.5. The minimum absolute atomic E-state index is 0.0508. The molecule has 0 spiro atoms. The highest BCUT2D eigenvalue weighted by molar-refractivity contribution is 6.30. The van der Waals surface area contributed by atoms with Gasteiger partial charge in [-0.25, -0.2) is 9.78 Å². The van der Waals surface area contributed by atoms with Crippen LogP contribution >= 0.6 is 11.6 Å². The molecular weight excluding hydrogens is 356 g/mol. The van der Waals surface area contributed by atoms with Gasteiger partial charge >= 0.3 is 5.97 Å². The molecule has 0 bridgehead atoms. The zero-order valence-electron chi connectivity index (χ0n) is 14.1. The molecule has 1 aromatic carbocycles. The van der Waals surface area contributed by atoms with Crippen LogP contribution in [0.25, 0.3) is 5.65 Å². The Kier molecular flexibility index (Phi) is 5.43. The lowest BCUT2D eigenvalue weighted by molar-refractivity contribution is 0.0468. The van der Waals surface area contributed by atoms with Crippen LogP contribution in [0.1, 0.15) is 16.1 Å². The maximum absolute atomic E-state index is 12.3. The van der Waals surface area contributed by atoms with Crippen LogP contribution in [0.2, 0.25) is 5.02 Å². The maximum atomic E-state index is 12.3. The second-order valence-corrected chi connectivity index (χ2v) is 5.82. The van der Waals surface area contributed by atoms with Gasteiger partial charge in [0.1, 0.15) is 18.9 Å². The molecule has 0 atom stereocenters. The average Bonchev–Trinajstić information content (AvgIpc) is 3.06. The molecule has 3 rings (SSSR count). The Balaban J connectivity index is 1.69. The highest BCUT2D eigenvalue weighted by Crippen LogP contribution is 2.28. The summed E-state index contributed by atoms with van der Waals surface area (Å²) in [6.07, 6.45) is 5.13. The lowest BCUT2D eigenvalue weighted by atomic mass is 10.2. The zero-order chi connectivity index (χ0) is 18.5. The number of hydrogen-bond donors (Lipinski definition) is 0.